The topological polar surface area (TPSA) is 110 Å². The second kappa shape index (κ2) is 10.3. The zero-order valence-electron chi connectivity index (χ0n) is 20.7. The molecule has 1 amide bonds. The maximum atomic E-state index is 13.1. The van der Waals surface area contributed by atoms with E-state index < -0.39 is 0 Å². The van der Waals surface area contributed by atoms with Crippen molar-refractivity contribution in [3.05, 3.63) is 66.2 Å². The molecule has 3 N–H and O–H groups in total. The van der Waals surface area contributed by atoms with Crippen LogP contribution in [0, 0.1) is 0 Å². The molecule has 3 aromatic heterocycles. The molecular formula is C28H31N7O2. The number of benzene rings is 1. The molecule has 4 aromatic rings. The zero-order chi connectivity index (χ0) is 25.2. The Morgan fingerprint density at radius 3 is 2.62 bits per heavy atom. The largest absolute Gasteiger partial charge is 0.393 e. The Labute approximate surface area is 215 Å². The quantitative estimate of drug-likeness (QED) is 0.371. The fourth-order valence-corrected chi connectivity index (χ4v) is 5.22. The number of pyridine rings is 2. The van der Waals surface area contributed by atoms with Gasteiger partial charge in [-0.1, -0.05) is 6.07 Å². The van der Waals surface area contributed by atoms with E-state index >= 15 is 0 Å². The molecule has 2 aliphatic rings. The van der Waals surface area contributed by atoms with Crippen LogP contribution in [-0.4, -0.2) is 68.4 Å². The first-order chi connectivity index (χ1) is 18.1. The van der Waals surface area contributed by atoms with Crippen molar-refractivity contribution in [2.75, 3.05) is 36.4 Å². The molecule has 2 fully saturated rings. The van der Waals surface area contributed by atoms with Gasteiger partial charge in [0.1, 0.15) is 5.82 Å². The lowest BCUT2D eigenvalue weighted by Gasteiger charge is -2.29. The molecule has 2 saturated heterocycles. The molecule has 0 bridgehead atoms. The third-order valence-corrected chi connectivity index (χ3v) is 7.31. The van der Waals surface area contributed by atoms with Gasteiger partial charge in [-0.25, -0.2) is 4.98 Å². The van der Waals surface area contributed by atoms with Gasteiger partial charge in [-0.05, 0) is 67.1 Å². The van der Waals surface area contributed by atoms with Crippen molar-refractivity contribution in [2.45, 2.75) is 38.3 Å². The predicted octanol–water partition coefficient (Wildman–Crippen LogP) is 3.83. The van der Waals surface area contributed by atoms with Crippen LogP contribution in [0.5, 0.6) is 0 Å². The fraction of sp³-hybridized carbons (Fsp3) is 0.357. The Morgan fingerprint density at radius 1 is 1.00 bits per heavy atom. The van der Waals surface area contributed by atoms with Gasteiger partial charge in [0.2, 0.25) is 0 Å². The van der Waals surface area contributed by atoms with Crippen LogP contribution < -0.4 is 10.2 Å². The number of carbonyl (C=O) groups excluding carboxylic acids is 1. The zero-order valence-corrected chi connectivity index (χ0v) is 20.7. The summed E-state index contributed by atoms with van der Waals surface area (Å²) in [6.45, 7) is 4.64. The number of hydrogen-bond acceptors (Lipinski definition) is 7. The van der Waals surface area contributed by atoms with Gasteiger partial charge in [-0.3, -0.25) is 19.8 Å². The number of hydrogen-bond donors (Lipinski definition) is 3. The number of nitrogens with one attached hydrogen (secondary N) is 2. The molecule has 9 nitrogen and oxygen atoms in total. The van der Waals surface area contributed by atoms with Crippen molar-refractivity contribution in [3.63, 3.8) is 0 Å². The molecule has 9 heteroatoms. The minimum Gasteiger partial charge on any atom is -0.393 e. The highest BCUT2D eigenvalue weighted by Crippen LogP contribution is 2.27. The number of fused-ring (bicyclic) bond motifs is 1. The molecule has 0 saturated carbocycles. The molecular weight excluding hydrogens is 466 g/mol. The van der Waals surface area contributed by atoms with Crippen LogP contribution in [0.4, 0.5) is 11.5 Å². The van der Waals surface area contributed by atoms with E-state index in [9.17, 15) is 9.90 Å². The van der Waals surface area contributed by atoms with Crippen LogP contribution in [0.15, 0.2) is 55.0 Å². The number of aromatic nitrogens is 4. The summed E-state index contributed by atoms with van der Waals surface area (Å²) in [5.74, 6) is 0.664. The van der Waals surface area contributed by atoms with Gasteiger partial charge in [-0.15, -0.1) is 0 Å². The Balaban J connectivity index is 1.19. The summed E-state index contributed by atoms with van der Waals surface area (Å²) in [6, 6.07) is 11.9. The van der Waals surface area contributed by atoms with Crippen molar-refractivity contribution in [2.24, 2.45) is 0 Å². The number of H-pyrrole nitrogens is 1. The van der Waals surface area contributed by atoms with E-state index in [0.717, 1.165) is 79.0 Å². The van der Waals surface area contributed by atoms with E-state index in [-0.39, 0.29) is 12.0 Å². The first kappa shape index (κ1) is 23.6. The molecule has 190 valence electrons. The number of piperidine rings is 1. The van der Waals surface area contributed by atoms with Gasteiger partial charge < -0.3 is 15.3 Å². The van der Waals surface area contributed by atoms with Gasteiger partial charge in [0.05, 0.1) is 23.5 Å². The third kappa shape index (κ3) is 5.19. The minimum absolute atomic E-state index is 0.181. The highest BCUT2D eigenvalue weighted by Gasteiger charge is 2.19. The summed E-state index contributed by atoms with van der Waals surface area (Å²) in [7, 11) is 0. The van der Waals surface area contributed by atoms with Crippen LogP contribution >= 0.6 is 0 Å². The SMILES string of the molecule is O=C(Nc1ccc(N2CCCC2)nc1)c1n[nH]c2ccc(-c3cncc(CN4CCC(O)CC4)c3)cc12. The number of anilines is 2. The van der Waals surface area contributed by atoms with Crippen molar-refractivity contribution < 1.29 is 9.90 Å². The number of likely N-dealkylation sites (tertiary alicyclic amines) is 1. The van der Waals surface area contributed by atoms with Crippen LogP contribution in [0.2, 0.25) is 0 Å². The summed E-state index contributed by atoms with van der Waals surface area (Å²) in [6.07, 6.45) is 9.27. The summed E-state index contributed by atoms with van der Waals surface area (Å²) >= 11 is 0. The average Bonchev–Trinajstić information content (AvgIpc) is 3.61. The van der Waals surface area contributed by atoms with Crippen LogP contribution in [0.3, 0.4) is 0 Å². The van der Waals surface area contributed by atoms with Gasteiger partial charge in [0.25, 0.3) is 5.91 Å². The monoisotopic (exact) mass is 497 g/mol. The lowest BCUT2D eigenvalue weighted by atomic mass is 10.0. The molecule has 1 aromatic carbocycles. The molecule has 37 heavy (non-hydrogen) atoms. The number of rotatable bonds is 6. The number of aliphatic hydroxyl groups is 1. The average molecular weight is 498 g/mol. The van der Waals surface area contributed by atoms with E-state index in [1.54, 1.807) is 6.20 Å². The van der Waals surface area contributed by atoms with Gasteiger partial charge in [0, 0.05) is 56.1 Å². The number of aliphatic hydroxyl groups excluding tert-OH is 1. The molecule has 0 atom stereocenters. The Morgan fingerprint density at radius 2 is 1.84 bits per heavy atom. The maximum absolute atomic E-state index is 13.1. The third-order valence-electron chi connectivity index (χ3n) is 7.31. The number of aromatic amines is 1. The second-order valence-electron chi connectivity index (χ2n) is 9.98. The molecule has 0 aliphatic carbocycles. The lowest BCUT2D eigenvalue weighted by molar-refractivity contribution is 0.0792. The van der Waals surface area contributed by atoms with E-state index in [2.05, 4.69) is 41.3 Å². The smallest absolute Gasteiger partial charge is 0.276 e. The van der Waals surface area contributed by atoms with Crippen molar-refractivity contribution in [3.8, 4) is 11.1 Å². The molecule has 0 spiro atoms. The molecule has 6 rings (SSSR count). The minimum atomic E-state index is -0.279. The predicted molar refractivity (Wildman–Crippen MR) is 143 cm³/mol. The summed E-state index contributed by atoms with van der Waals surface area (Å²) in [4.78, 5) is 26.7. The molecule has 5 heterocycles. The van der Waals surface area contributed by atoms with Crippen molar-refractivity contribution >= 4 is 28.3 Å². The van der Waals surface area contributed by atoms with E-state index in [0.29, 0.717) is 11.4 Å². The van der Waals surface area contributed by atoms with Gasteiger partial charge in [0.15, 0.2) is 5.69 Å². The first-order valence-electron chi connectivity index (χ1n) is 13.0. The normalized spacial score (nSPS) is 16.9. The van der Waals surface area contributed by atoms with E-state index in [4.69, 9.17) is 0 Å². The van der Waals surface area contributed by atoms with Gasteiger partial charge >= 0.3 is 0 Å². The van der Waals surface area contributed by atoms with E-state index in [1.807, 2.05) is 42.7 Å². The summed E-state index contributed by atoms with van der Waals surface area (Å²) in [5, 5.41) is 20.7. The van der Waals surface area contributed by atoms with Gasteiger partial charge in [-0.2, -0.15) is 5.10 Å². The van der Waals surface area contributed by atoms with E-state index in [1.165, 1.54) is 12.8 Å². The number of nitrogens with zero attached hydrogens (tertiary/aromatic N) is 5. The lowest BCUT2D eigenvalue weighted by Crippen LogP contribution is -2.35. The fourth-order valence-electron chi connectivity index (χ4n) is 5.22. The van der Waals surface area contributed by atoms with Crippen LogP contribution in [0.25, 0.3) is 22.0 Å². The summed E-state index contributed by atoms with van der Waals surface area (Å²) < 4.78 is 0. The molecule has 2 aliphatic heterocycles. The standard InChI is InChI=1S/C28H31N7O2/c36-23-7-11-34(12-8-23)18-19-13-21(16-29-15-19)20-3-5-25-24(14-20)27(33-32-25)28(37)31-22-4-6-26(30-17-22)35-9-1-2-10-35/h3-6,13-17,23,36H,1-2,7-12,18H2,(H,31,37)(H,32,33). The Kier molecular flexibility index (Phi) is 6.55. The first-order valence-corrected chi connectivity index (χ1v) is 13.0. The maximum Gasteiger partial charge on any atom is 0.276 e. The highest BCUT2D eigenvalue weighted by molar-refractivity contribution is 6.11. The number of amides is 1. The Bertz CT molecular complexity index is 1390. The van der Waals surface area contributed by atoms with Crippen LogP contribution in [0.1, 0.15) is 41.7 Å². The molecule has 0 unspecified atom stereocenters. The summed E-state index contributed by atoms with van der Waals surface area (Å²) in [5.41, 5.74) is 4.88. The highest BCUT2D eigenvalue weighted by atomic mass is 16.3. The second-order valence-corrected chi connectivity index (χ2v) is 9.98. The number of carbonyl (C=O) groups is 1. The molecule has 0 radical (unpaired) electrons. The van der Waals surface area contributed by atoms with Crippen molar-refractivity contribution in [1.82, 2.24) is 25.1 Å². The van der Waals surface area contributed by atoms with Crippen molar-refractivity contribution in [1.29, 1.82) is 0 Å². The Hall–Kier alpha value is -3.82. The van der Waals surface area contributed by atoms with Crippen LogP contribution in [-0.2, 0) is 6.54 Å².